The molecule has 1 heterocycles. The van der Waals surface area contributed by atoms with Gasteiger partial charge in [-0.3, -0.25) is 4.98 Å². The summed E-state index contributed by atoms with van der Waals surface area (Å²) in [7, 11) is -3.85. The zero-order valence-corrected chi connectivity index (χ0v) is 18.7. The Balaban J connectivity index is 1.73. The minimum absolute atomic E-state index is 0.482. The molecule has 0 saturated carbocycles. The molecule has 0 N–H and O–H groups in total. The Bertz CT molecular complexity index is 1340. The van der Waals surface area contributed by atoms with E-state index in [2.05, 4.69) is 4.98 Å². The number of hydrogen-bond acceptors (Lipinski definition) is 4. The third kappa shape index (κ3) is 4.52. The number of rotatable bonds is 7. The Kier molecular flexibility index (Phi) is 5.93. The average molecular weight is 451 g/mol. The quantitative estimate of drug-likeness (QED) is 0.238. The van der Waals surface area contributed by atoms with Crippen LogP contribution in [0.4, 0.5) is 0 Å². The van der Waals surface area contributed by atoms with E-state index >= 15 is 0 Å². The molecule has 0 saturated heterocycles. The van der Waals surface area contributed by atoms with Crippen molar-refractivity contribution in [2.75, 3.05) is 0 Å². The van der Waals surface area contributed by atoms with Gasteiger partial charge < -0.3 is 9.05 Å². The average Bonchev–Trinajstić information content (AvgIpc) is 2.86. The van der Waals surface area contributed by atoms with Crippen LogP contribution in [0.3, 0.4) is 0 Å². The van der Waals surface area contributed by atoms with Crippen LogP contribution in [0.25, 0.3) is 10.9 Å². The van der Waals surface area contributed by atoms with Gasteiger partial charge in [-0.15, -0.1) is 0 Å². The SMILES string of the molecule is O=P(Oc1ccccc1)(Oc1ccccc1)C(c1ccccc1)c1ccnc2ccccc12. The Morgan fingerprint density at radius 2 is 1.12 bits per heavy atom. The van der Waals surface area contributed by atoms with E-state index in [9.17, 15) is 4.57 Å². The summed E-state index contributed by atoms with van der Waals surface area (Å²) in [6, 6.07) is 37.8. The van der Waals surface area contributed by atoms with E-state index in [0.717, 1.165) is 22.0 Å². The molecule has 0 aliphatic heterocycles. The summed E-state index contributed by atoms with van der Waals surface area (Å²) in [5, 5.41) is 0.905. The van der Waals surface area contributed by atoms with Gasteiger partial charge in [0.2, 0.25) is 0 Å². The van der Waals surface area contributed by atoms with Gasteiger partial charge in [-0.2, -0.15) is 0 Å². The number of aromatic nitrogens is 1. The molecule has 0 radical (unpaired) electrons. The molecular weight excluding hydrogens is 429 g/mol. The lowest BCUT2D eigenvalue weighted by atomic mass is 10.0. The molecule has 0 fully saturated rings. The van der Waals surface area contributed by atoms with Crippen molar-refractivity contribution in [3.63, 3.8) is 0 Å². The standard InChI is InChI=1S/C28H22NO3P/c30-33(31-23-14-6-2-7-15-23,32-24-16-8-3-9-17-24)28(22-12-4-1-5-13-22)26-20-21-29-27-19-11-10-18-25(26)27/h1-21,28H. The summed E-state index contributed by atoms with van der Waals surface area (Å²) >= 11 is 0. The molecule has 0 bridgehead atoms. The molecule has 1 atom stereocenters. The van der Waals surface area contributed by atoms with Crippen LogP contribution in [-0.2, 0) is 4.57 Å². The number of nitrogens with zero attached hydrogens (tertiary/aromatic N) is 1. The second-order valence-electron chi connectivity index (χ2n) is 7.58. The molecule has 5 aromatic rings. The fraction of sp³-hybridized carbons (Fsp3) is 0.0357. The number of pyridine rings is 1. The highest BCUT2D eigenvalue weighted by atomic mass is 31.2. The van der Waals surface area contributed by atoms with Gasteiger partial charge in [0.1, 0.15) is 17.2 Å². The molecule has 5 heteroatoms. The number of benzene rings is 4. The predicted octanol–water partition coefficient (Wildman–Crippen LogP) is 7.68. The molecule has 4 aromatic carbocycles. The predicted molar refractivity (Wildman–Crippen MR) is 132 cm³/mol. The van der Waals surface area contributed by atoms with Gasteiger partial charge in [-0.05, 0) is 47.5 Å². The monoisotopic (exact) mass is 451 g/mol. The Morgan fingerprint density at radius 3 is 1.73 bits per heavy atom. The maximum Gasteiger partial charge on any atom is 0.442 e. The van der Waals surface area contributed by atoms with Crippen LogP contribution in [0.2, 0.25) is 0 Å². The Labute approximate surface area is 193 Å². The largest absolute Gasteiger partial charge is 0.442 e. The second kappa shape index (κ2) is 9.32. The van der Waals surface area contributed by atoms with E-state index in [1.54, 1.807) is 30.5 Å². The molecule has 5 rings (SSSR count). The Morgan fingerprint density at radius 1 is 0.606 bits per heavy atom. The van der Waals surface area contributed by atoms with E-state index in [1.807, 2.05) is 97.1 Å². The highest BCUT2D eigenvalue weighted by Gasteiger charge is 2.42. The maximum atomic E-state index is 14.8. The summed E-state index contributed by atoms with van der Waals surface area (Å²) in [5.41, 5.74) is 1.82. The lowest BCUT2D eigenvalue weighted by Gasteiger charge is -2.29. The number of hydrogen-bond donors (Lipinski definition) is 0. The normalized spacial score (nSPS) is 12.2. The highest BCUT2D eigenvalue weighted by molar-refractivity contribution is 7.55. The highest BCUT2D eigenvalue weighted by Crippen LogP contribution is 2.63. The zero-order chi connectivity index (χ0) is 22.5. The molecular formula is C28H22NO3P. The molecule has 0 aliphatic rings. The van der Waals surface area contributed by atoms with Crippen molar-refractivity contribution < 1.29 is 13.6 Å². The number of fused-ring (bicyclic) bond motifs is 1. The Hall–Kier alpha value is -3.88. The topological polar surface area (TPSA) is 48.4 Å². The first kappa shape index (κ1) is 21.0. The molecule has 0 aliphatic carbocycles. The van der Waals surface area contributed by atoms with Gasteiger partial charge in [-0.1, -0.05) is 84.9 Å². The minimum atomic E-state index is -3.85. The van der Waals surface area contributed by atoms with Gasteiger partial charge >= 0.3 is 7.60 Å². The molecule has 33 heavy (non-hydrogen) atoms. The number of para-hydroxylation sites is 3. The van der Waals surface area contributed by atoms with E-state index in [1.165, 1.54) is 0 Å². The van der Waals surface area contributed by atoms with Crippen LogP contribution in [0, 0.1) is 0 Å². The van der Waals surface area contributed by atoms with Gasteiger partial charge in [0.25, 0.3) is 0 Å². The lowest BCUT2D eigenvalue weighted by molar-refractivity contribution is 0.378. The van der Waals surface area contributed by atoms with E-state index in [-0.39, 0.29) is 0 Å². The third-order valence-corrected chi connectivity index (χ3v) is 7.50. The second-order valence-corrected chi connectivity index (χ2v) is 9.54. The van der Waals surface area contributed by atoms with E-state index in [4.69, 9.17) is 9.05 Å². The lowest BCUT2D eigenvalue weighted by Crippen LogP contribution is -2.13. The smallest absolute Gasteiger partial charge is 0.415 e. The summed E-state index contributed by atoms with van der Waals surface area (Å²) in [4.78, 5) is 4.50. The summed E-state index contributed by atoms with van der Waals surface area (Å²) < 4.78 is 27.3. The summed E-state index contributed by atoms with van der Waals surface area (Å²) in [6.07, 6.45) is 1.74. The third-order valence-electron chi connectivity index (χ3n) is 5.36. The van der Waals surface area contributed by atoms with Crippen LogP contribution < -0.4 is 9.05 Å². The molecule has 1 unspecified atom stereocenters. The van der Waals surface area contributed by atoms with Crippen molar-refractivity contribution in [1.82, 2.24) is 4.98 Å². The molecule has 1 aromatic heterocycles. The fourth-order valence-electron chi connectivity index (χ4n) is 3.90. The van der Waals surface area contributed by atoms with Gasteiger partial charge in [-0.25, -0.2) is 4.57 Å². The van der Waals surface area contributed by atoms with Gasteiger partial charge in [0, 0.05) is 11.6 Å². The molecule has 0 spiro atoms. The van der Waals surface area contributed by atoms with Crippen LogP contribution >= 0.6 is 7.60 Å². The van der Waals surface area contributed by atoms with Crippen molar-refractivity contribution >= 4 is 18.5 Å². The summed E-state index contributed by atoms with van der Waals surface area (Å²) in [6.45, 7) is 0. The minimum Gasteiger partial charge on any atom is -0.415 e. The van der Waals surface area contributed by atoms with Crippen LogP contribution in [0.15, 0.2) is 128 Å². The maximum absolute atomic E-state index is 14.8. The molecule has 0 amide bonds. The van der Waals surface area contributed by atoms with Crippen molar-refractivity contribution in [2.24, 2.45) is 0 Å². The van der Waals surface area contributed by atoms with Crippen molar-refractivity contribution in [1.29, 1.82) is 0 Å². The van der Waals surface area contributed by atoms with Gasteiger partial charge in [0.15, 0.2) is 0 Å². The first-order valence-electron chi connectivity index (χ1n) is 10.7. The zero-order valence-electron chi connectivity index (χ0n) is 17.8. The van der Waals surface area contributed by atoms with Crippen LogP contribution in [-0.4, -0.2) is 4.98 Å². The van der Waals surface area contributed by atoms with Gasteiger partial charge in [0.05, 0.1) is 5.52 Å². The van der Waals surface area contributed by atoms with Crippen LogP contribution in [0.5, 0.6) is 11.5 Å². The summed E-state index contributed by atoms with van der Waals surface area (Å²) in [5.74, 6) is 0.965. The van der Waals surface area contributed by atoms with Crippen molar-refractivity contribution in [3.05, 3.63) is 139 Å². The fourth-order valence-corrected chi connectivity index (χ4v) is 6.09. The molecule has 4 nitrogen and oxygen atoms in total. The first-order valence-corrected chi connectivity index (χ1v) is 12.3. The van der Waals surface area contributed by atoms with Crippen molar-refractivity contribution in [2.45, 2.75) is 5.66 Å². The molecule has 162 valence electrons. The van der Waals surface area contributed by atoms with Crippen molar-refractivity contribution in [3.8, 4) is 11.5 Å². The first-order chi connectivity index (χ1) is 16.2. The van der Waals surface area contributed by atoms with E-state index in [0.29, 0.717) is 11.5 Å². The van der Waals surface area contributed by atoms with E-state index < -0.39 is 13.3 Å². The van der Waals surface area contributed by atoms with Crippen LogP contribution in [0.1, 0.15) is 16.8 Å².